The second kappa shape index (κ2) is 3.22. The van der Waals surface area contributed by atoms with Gasteiger partial charge in [0.05, 0.1) is 0 Å². The van der Waals surface area contributed by atoms with E-state index in [1.54, 1.807) is 6.20 Å². The lowest BCUT2D eigenvalue weighted by atomic mass is 9.93. The van der Waals surface area contributed by atoms with Gasteiger partial charge in [-0.1, -0.05) is 0 Å². The molecule has 4 nitrogen and oxygen atoms in total. The van der Waals surface area contributed by atoms with Crippen molar-refractivity contribution in [1.82, 2.24) is 10.3 Å². The Labute approximate surface area is 83.2 Å². The fraction of sp³-hybridized carbons (Fsp3) is 0.500. The van der Waals surface area contributed by atoms with Crippen LogP contribution in [0.25, 0.3) is 0 Å². The Morgan fingerprint density at radius 3 is 3.00 bits per heavy atom. The standard InChI is InChI=1S/C10H15N3O/c1-7-4-8(5-13-9(7)11)10(14)2-3-12-6-10/h4-5,12,14H,2-3,6H2,1H3,(H2,11,13). The number of anilines is 1. The summed E-state index contributed by atoms with van der Waals surface area (Å²) in [6.45, 7) is 3.34. The van der Waals surface area contributed by atoms with E-state index in [4.69, 9.17) is 5.73 Å². The topological polar surface area (TPSA) is 71.2 Å². The van der Waals surface area contributed by atoms with Crippen LogP contribution in [0.1, 0.15) is 17.5 Å². The minimum absolute atomic E-state index is 0.531. The summed E-state index contributed by atoms with van der Waals surface area (Å²) >= 11 is 0. The first-order valence-electron chi connectivity index (χ1n) is 4.77. The van der Waals surface area contributed by atoms with Crippen LogP contribution < -0.4 is 11.1 Å². The SMILES string of the molecule is Cc1cc(C2(O)CCNC2)cnc1N. The van der Waals surface area contributed by atoms with Gasteiger partial charge in [0.1, 0.15) is 11.4 Å². The van der Waals surface area contributed by atoms with Crippen molar-refractivity contribution in [3.8, 4) is 0 Å². The Morgan fingerprint density at radius 2 is 2.43 bits per heavy atom. The van der Waals surface area contributed by atoms with Crippen LogP contribution in [0.3, 0.4) is 0 Å². The highest BCUT2D eigenvalue weighted by Crippen LogP contribution is 2.28. The highest BCUT2D eigenvalue weighted by molar-refractivity contribution is 5.41. The van der Waals surface area contributed by atoms with Crippen molar-refractivity contribution in [3.63, 3.8) is 0 Å². The van der Waals surface area contributed by atoms with Gasteiger partial charge >= 0.3 is 0 Å². The molecule has 76 valence electrons. The third-order valence-corrected chi connectivity index (χ3v) is 2.79. The molecular formula is C10H15N3O. The monoisotopic (exact) mass is 193 g/mol. The van der Waals surface area contributed by atoms with E-state index in [-0.39, 0.29) is 0 Å². The molecular weight excluding hydrogens is 178 g/mol. The Bertz CT molecular complexity index is 345. The number of hydrogen-bond donors (Lipinski definition) is 3. The van der Waals surface area contributed by atoms with Gasteiger partial charge in [-0.05, 0) is 31.5 Å². The number of aromatic nitrogens is 1. The molecule has 1 saturated heterocycles. The van der Waals surface area contributed by atoms with E-state index in [1.807, 2.05) is 13.0 Å². The number of β-amino-alcohol motifs (C(OH)–C–C–N with tert-alkyl or cyclic N) is 1. The number of nitrogens with two attached hydrogens (primary N) is 1. The highest BCUT2D eigenvalue weighted by atomic mass is 16.3. The summed E-state index contributed by atoms with van der Waals surface area (Å²) in [7, 11) is 0. The number of rotatable bonds is 1. The molecule has 4 N–H and O–H groups in total. The van der Waals surface area contributed by atoms with Crippen LogP contribution in [0.4, 0.5) is 5.82 Å². The lowest BCUT2D eigenvalue weighted by molar-refractivity contribution is 0.0583. The molecule has 0 saturated carbocycles. The fourth-order valence-electron chi connectivity index (χ4n) is 1.77. The van der Waals surface area contributed by atoms with Crippen LogP contribution in [0.15, 0.2) is 12.3 Å². The predicted octanol–water partition coefficient (Wildman–Crippen LogP) is 0.153. The molecule has 4 heteroatoms. The lowest BCUT2D eigenvalue weighted by Crippen LogP contribution is -2.28. The molecule has 14 heavy (non-hydrogen) atoms. The first kappa shape index (κ1) is 9.43. The first-order chi connectivity index (χ1) is 6.62. The average Bonchev–Trinajstić information content (AvgIpc) is 2.58. The van der Waals surface area contributed by atoms with Gasteiger partial charge in [0.25, 0.3) is 0 Å². The molecule has 0 aliphatic carbocycles. The molecule has 1 aromatic rings. The first-order valence-corrected chi connectivity index (χ1v) is 4.77. The van der Waals surface area contributed by atoms with Gasteiger partial charge in [-0.25, -0.2) is 4.98 Å². The zero-order chi connectivity index (χ0) is 10.2. The average molecular weight is 193 g/mol. The van der Waals surface area contributed by atoms with Gasteiger partial charge in [-0.2, -0.15) is 0 Å². The molecule has 1 atom stereocenters. The van der Waals surface area contributed by atoms with Gasteiger partial charge in [0.15, 0.2) is 0 Å². The van der Waals surface area contributed by atoms with Crippen LogP contribution in [-0.4, -0.2) is 23.2 Å². The van der Waals surface area contributed by atoms with Crippen molar-refractivity contribution in [2.75, 3.05) is 18.8 Å². The van der Waals surface area contributed by atoms with Crippen molar-refractivity contribution < 1.29 is 5.11 Å². The van der Waals surface area contributed by atoms with E-state index in [1.165, 1.54) is 0 Å². The molecule has 1 unspecified atom stereocenters. The number of nitrogens with zero attached hydrogens (tertiary/aromatic N) is 1. The van der Waals surface area contributed by atoms with Crippen molar-refractivity contribution >= 4 is 5.82 Å². The predicted molar refractivity (Wildman–Crippen MR) is 54.8 cm³/mol. The third kappa shape index (κ3) is 1.47. The van der Waals surface area contributed by atoms with Gasteiger partial charge in [0, 0.05) is 18.3 Å². The van der Waals surface area contributed by atoms with Crippen LogP contribution in [0.2, 0.25) is 0 Å². The summed E-state index contributed by atoms with van der Waals surface area (Å²) in [5.41, 5.74) is 6.64. The van der Waals surface area contributed by atoms with Gasteiger partial charge < -0.3 is 16.2 Å². The summed E-state index contributed by atoms with van der Waals surface area (Å²) in [6.07, 6.45) is 2.40. The summed E-state index contributed by atoms with van der Waals surface area (Å²) < 4.78 is 0. The molecule has 0 spiro atoms. The molecule has 1 aromatic heterocycles. The minimum atomic E-state index is -0.758. The summed E-state index contributed by atoms with van der Waals surface area (Å²) in [5.74, 6) is 0.531. The largest absolute Gasteiger partial charge is 0.384 e. The van der Waals surface area contributed by atoms with Crippen LogP contribution in [-0.2, 0) is 5.60 Å². The second-order valence-electron chi connectivity index (χ2n) is 3.88. The van der Waals surface area contributed by atoms with E-state index < -0.39 is 5.60 Å². The zero-order valence-electron chi connectivity index (χ0n) is 8.25. The maximum Gasteiger partial charge on any atom is 0.126 e. The lowest BCUT2D eigenvalue weighted by Gasteiger charge is -2.21. The van der Waals surface area contributed by atoms with Gasteiger partial charge in [-0.15, -0.1) is 0 Å². The van der Waals surface area contributed by atoms with Gasteiger partial charge in [-0.3, -0.25) is 0 Å². The number of hydrogen-bond acceptors (Lipinski definition) is 4. The Hall–Kier alpha value is -1.13. The van der Waals surface area contributed by atoms with Crippen molar-refractivity contribution in [1.29, 1.82) is 0 Å². The Morgan fingerprint density at radius 1 is 1.64 bits per heavy atom. The van der Waals surface area contributed by atoms with Crippen molar-refractivity contribution in [2.24, 2.45) is 0 Å². The third-order valence-electron chi connectivity index (χ3n) is 2.79. The minimum Gasteiger partial charge on any atom is -0.384 e. The molecule has 1 fully saturated rings. The molecule has 0 aromatic carbocycles. The molecule has 0 bridgehead atoms. The van der Waals surface area contributed by atoms with E-state index in [9.17, 15) is 5.11 Å². The maximum atomic E-state index is 10.2. The number of aryl methyl sites for hydroxylation is 1. The fourth-order valence-corrected chi connectivity index (χ4v) is 1.77. The zero-order valence-corrected chi connectivity index (χ0v) is 8.25. The van der Waals surface area contributed by atoms with Crippen molar-refractivity contribution in [3.05, 3.63) is 23.4 Å². The smallest absolute Gasteiger partial charge is 0.126 e. The van der Waals surface area contributed by atoms with Crippen molar-refractivity contribution in [2.45, 2.75) is 18.9 Å². The normalized spacial score (nSPS) is 26.7. The molecule has 0 amide bonds. The molecule has 2 rings (SSSR count). The number of nitrogens with one attached hydrogen (secondary N) is 1. The molecule has 2 heterocycles. The summed E-state index contributed by atoms with van der Waals surface area (Å²) in [4.78, 5) is 4.06. The Balaban J connectivity index is 2.36. The van der Waals surface area contributed by atoms with E-state index >= 15 is 0 Å². The quantitative estimate of drug-likeness (QED) is 0.594. The van der Waals surface area contributed by atoms with Crippen LogP contribution in [0, 0.1) is 6.92 Å². The summed E-state index contributed by atoms with van der Waals surface area (Å²) in [5, 5.41) is 13.4. The summed E-state index contributed by atoms with van der Waals surface area (Å²) in [6, 6.07) is 1.91. The number of aliphatic hydroxyl groups is 1. The van der Waals surface area contributed by atoms with E-state index in [0.717, 1.165) is 24.1 Å². The van der Waals surface area contributed by atoms with Gasteiger partial charge in [0.2, 0.25) is 0 Å². The maximum absolute atomic E-state index is 10.2. The Kier molecular flexibility index (Phi) is 2.17. The second-order valence-corrected chi connectivity index (χ2v) is 3.88. The van der Waals surface area contributed by atoms with E-state index in [2.05, 4.69) is 10.3 Å². The molecule has 0 radical (unpaired) electrons. The highest BCUT2D eigenvalue weighted by Gasteiger charge is 2.33. The van der Waals surface area contributed by atoms with Crippen LogP contribution in [0.5, 0.6) is 0 Å². The number of pyridine rings is 1. The van der Waals surface area contributed by atoms with Crippen LogP contribution >= 0.6 is 0 Å². The number of nitrogen functional groups attached to an aromatic ring is 1. The molecule has 1 aliphatic heterocycles. The molecule has 1 aliphatic rings. The van der Waals surface area contributed by atoms with E-state index in [0.29, 0.717) is 12.4 Å².